The van der Waals surface area contributed by atoms with Crippen molar-refractivity contribution in [1.29, 1.82) is 0 Å². The van der Waals surface area contributed by atoms with Gasteiger partial charge in [0, 0.05) is 35.5 Å². The zero-order valence-electron chi connectivity index (χ0n) is 21.6. The van der Waals surface area contributed by atoms with Gasteiger partial charge < -0.3 is 9.80 Å². The number of hydrazone groups is 1. The molecule has 2 aliphatic rings. The molecule has 0 aromatic heterocycles. The lowest BCUT2D eigenvalue weighted by Crippen LogP contribution is -2.39. The van der Waals surface area contributed by atoms with Gasteiger partial charge in [0.05, 0.1) is 17.1 Å². The predicted molar refractivity (Wildman–Crippen MR) is 156 cm³/mol. The van der Waals surface area contributed by atoms with Crippen LogP contribution < -0.4 is 10.3 Å². The zero-order valence-corrected chi connectivity index (χ0v) is 22.3. The van der Waals surface area contributed by atoms with Gasteiger partial charge in [-0.15, -0.1) is 0 Å². The van der Waals surface area contributed by atoms with Crippen molar-refractivity contribution < 1.29 is 9.18 Å². The fraction of sp³-hybridized carbons (Fsp3) is 0.233. The van der Waals surface area contributed by atoms with Crippen LogP contribution in [0.4, 0.5) is 15.8 Å². The first-order valence-electron chi connectivity index (χ1n) is 12.7. The number of allylic oxidation sites excluding steroid dienone is 1. The van der Waals surface area contributed by atoms with Crippen LogP contribution in [-0.4, -0.2) is 55.5 Å². The minimum atomic E-state index is -0.369. The van der Waals surface area contributed by atoms with Crippen LogP contribution in [-0.2, 0) is 4.79 Å². The van der Waals surface area contributed by atoms with E-state index in [0.717, 1.165) is 31.0 Å². The highest BCUT2D eigenvalue weighted by Gasteiger charge is 2.26. The lowest BCUT2D eigenvalue weighted by molar-refractivity contribution is -0.117. The molecule has 0 radical (unpaired) electrons. The molecule has 0 spiro atoms. The van der Waals surface area contributed by atoms with Crippen LogP contribution in [0.3, 0.4) is 0 Å². The normalized spacial score (nSPS) is 14.0. The summed E-state index contributed by atoms with van der Waals surface area (Å²) in [6.45, 7) is 7.33. The average molecular weight is 532 g/mol. The predicted octanol–water partition coefficient (Wildman–Crippen LogP) is 6.12. The first-order valence-corrected chi connectivity index (χ1v) is 13.1. The van der Waals surface area contributed by atoms with Crippen LogP contribution in [0, 0.1) is 5.82 Å². The fourth-order valence-corrected chi connectivity index (χ4v) is 4.51. The van der Waals surface area contributed by atoms with E-state index in [1.54, 1.807) is 41.4 Å². The quantitative estimate of drug-likeness (QED) is 0.417. The van der Waals surface area contributed by atoms with E-state index in [2.05, 4.69) is 34.3 Å². The molecule has 1 N–H and O–H groups in total. The number of hydrogen-bond donors (Lipinski definition) is 1. The van der Waals surface area contributed by atoms with Crippen LogP contribution in [0.5, 0.6) is 0 Å². The number of hydrogen-bond acceptors (Lipinski definition) is 5. The smallest absolute Gasteiger partial charge is 0.248 e. The molecule has 0 fully saturated rings. The van der Waals surface area contributed by atoms with Crippen molar-refractivity contribution in [3.63, 3.8) is 0 Å². The molecule has 0 atom stereocenters. The Morgan fingerprint density at radius 2 is 1.79 bits per heavy atom. The number of likely N-dealkylation sites (N-methyl/N-ethyl adjacent to an activating group) is 1. The van der Waals surface area contributed by atoms with Gasteiger partial charge in [0.25, 0.3) is 0 Å². The summed E-state index contributed by atoms with van der Waals surface area (Å²) in [4.78, 5) is 21.2. The van der Waals surface area contributed by atoms with E-state index in [1.165, 1.54) is 11.6 Å². The maximum Gasteiger partial charge on any atom is 0.248 e. The minimum absolute atomic E-state index is 0.0196. The molecule has 5 rings (SSSR count). The van der Waals surface area contributed by atoms with Crippen molar-refractivity contribution >= 4 is 46.9 Å². The summed E-state index contributed by atoms with van der Waals surface area (Å²) in [5.74, 6) is -0.469. The number of benzodiazepines with no additional fused rings is 1. The summed E-state index contributed by atoms with van der Waals surface area (Å²) < 4.78 is 14.4. The van der Waals surface area contributed by atoms with Gasteiger partial charge in [-0.3, -0.25) is 15.2 Å². The Hall–Kier alpha value is -3.81. The molecule has 0 saturated carbocycles. The third-order valence-corrected chi connectivity index (χ3v) is 6.66. The third-order valence-electron chi connectivity index (χ3n) is 6.42. The molecule has 196 valence electrons. The SMILES string of the molecule is C1=Cc2ccccc2NN=C1.CCN(CC)CCN1C(=O)CN=C(c2ccccc2F)c2cc(Cl)ccc21. The van der Waals surface area contributed by atoms with E-state index in [0.29, 0.717) is 28.4 Å². The number of carbonyl (C=O) groups is 1. The number of aliphatic imine (C=N–C) groups is 1. The molecule has 2 heterocycles. The summed E-state index contributed by atoms with van der Waals surface area (Å²) in [6, 6.07) is 19.8. The van der Waals surface area contributed by atoms with Crippen molar-refractivity contribution in [3.05, 3.63) is 100 Å². The summed E-state index contributed by atoms with van der Waals surface area (Å²) in [7, 11) is 0. The van der Waals surface area contributed by atoms with E-state index in [4.69, 9.17) is 11.6 Å². The van der Waals surface area contributed by atoms with E-state index >= 15 is 0 Å². The Kier molecular flexibility index (Phi) is 9.40. The van der Waals surface area contributed by atoms with E-state index in [-0.39, 0.29) is 18.3 Å². The van der Waals surface area contributed by atoms with Crippen molar-refractivity contribution in [2.24, 2.45) is 10.1 Å². The van der Waals surface area contributed by atoms with Gasteiger partial charge in [0.1, 0.15) is 12.4 Å². The molecule has 3 aromatic carbocycles. The zero-order chi connectivity index (χ0) is 26.9. The molecule has 0 aliphatic carbocycles. The van der Waals surface area contributed by atoms with E-state index < -0.39 is 0 Å². The summed E-state index contributed by atoms with van der Waals surface area (Å²) in [5, 5.41) is 4.47. The Morgan fingerprint density at radius 3 is 2.58 bits per heavy atom. The van der Waals surface area contributed by atoms with Crippen molar-refractivity contribution in [2.45, 2.75) is 13.8 Å². The monoisotopic (exact) mass is 531 g/mol. The number of benzene rings is 3. The first kappa shape index (κ1) is 27.2. The molecule has 0 bridgehead atoms. The van der Waals surface area contributed by atoms with Crippen LogP contribution in [0.1, 0.15) is 30.5 Å². The second kappa shape index (κ2) is 13.1. The molecule has 38 heavy (non-hydrogen) atoms. The maximum absolute atomic E-state index is 14.4. The van der Waals surface area contributed by atoms with Gasteiger partial charge in [0.2, 0.25) is 5.91 Å². The number of amides is 1. The molecule has 8 heteroatoms. The molecule has 0 saturated heterocycles. The highest BCUT2D eigenvalue weighted by molar-refractivity contribution is 6.32. The number of nitrogens with one attached hydrogen (secondary N) is 1. The Labute approximate surface area is 228 Å². The molecule has 0 unspecified atom stereocenters. The van der Waals surface area contributed by atoms with Gasteiger partial charge in [0.15, 0.2) is 0 Å². The largest absolute Gasteiger partial charge is 0.309 e. The number of fused-ring (bicyclic) bond motifs is 2. The second-order valence-electron chi connectivity index (χ2n) is 8.71. The molecular formula is C30H31ClFN5O. The van der Waals surface area contributed by atoms with E-state index in [1.807, 2.05) is 42.5 Å². The number of nitrogens with zero attached hydrogens (tertiary/aromatic N) is 4. The molecule has 2 aliphatic heterocycles. The van der Waals surface area contributed by atoms with Crippen molar-refractivity contribution in [3.8, 4) is 0 Å². The van der Waals surface area contributed by atoms with Crippen LogP contribution in [0.25, 0.3) is 6.08 Å². The first-order chi connectivity index (χ1) is 18.5. The summed E-state index contributed by atoms with van der Waals surface area (Å²) in [6.07, 6.45) is 5.68. The second-order valence-corrected chi connectivity index (χ2v) is 9.15. The Balaban J connectivity index is 0.000000253. The topological polar surface area (TPSA) is 60.3 Å². The van der Waals surface area contributed by atoms with Crippen molar-refractivity contribution in [1.82, 2.24) is 4.90 Å². The standard InChI is InChI=1S/C21H23ClFN3O.C9H8N2/c1-3-25(4-2)11-12-26-19-10-9-15(22)13-17(19)21(24-14-20(26)27)16-7-5-6-8-18(16)23;1-2-6-9-8(4-1)5-3-7-10-11-9/h5-10,13H,3-4,11-12,14H2,1-2H3;1-7,11H. The highest BCUT2D eigenvalue weighted by atomic mass is 35.5. The van der Waals surface area contributed by atoms with Gasteiger partial charge in [-0.2, -0.15) is 5.10 Å². The maximum atomic E-state index is 14.4. The fourth-order valence-electron chi connectivity index (χ4n) is 4.34. The van der Waals surface area contributed by atoms with Gasteiger partial charge in [-0.25, -0.2) is 4.39 Å². The third kappa shape index (κ3) is 6.54. The summed E-state index contributed by atoms with van der Waals surface area (Å²) in [5.41, 5.74) is 7.39. The van der Waals surface area contributed by atoms with Crippen LogP contribution >= 0.6 is 11.6 Å². The van der Waals surface area contributed by atoms with Gasteiger partial charge in [-0.1, -0.05) is 61.9 Å². The number of carbonyl (C=O) groups excluding carboxylic acids is 1. The summed E-state index contributed by atoms with van der Waals surface area (Å²) >= 11 is 6.22. The molecule has 3 aromatic rings. The van der Waals surface area contributed by atoms with Crippen LogP contribution in [0.2, 0.25) is 5.02 Å². The minimum Gasteiger partial charge on any atom is -0.309 e. The Morgan fingerprint density at radius 1 is 1.03 bits per heavy atom. The van der Waals surface area contributed by atoms with Gasteiger partial charge in [-0.05, 0) is 61.1 Å². The number of anilines is 2. The lowest BCUT2D eigenvalue weighted by atomic mass is 9.99. The lowest BCUT2D eigenvalue weighted by Gasteiger charge is -2.27. The number of rotatable bonds is 6. The Bertz CT molecular complexity index is 1370. The van der Waals surface area contributed by atoms with Crippen molar-refractivity contribution in [2.75, 3.05) is 43.0 Å². The molecule has 1 amide bonds. The molecule has 6 nitrogen and oxygen atoms in total. The number of para-hydroxylation sites is 1. The van der Waals surface area contributed by atoms with E-state index in [9.17, 15) is 9.18 Å². The average Bonchev–Trinajstić information content (AvgIpc) is 3.25. The van der Waals surface area contributed by atoms with Crippen LogP contribution in [0.15, 0.2) is 82.9 Å². The number of halogens is 2. The highest BCUT2D eigenvalue weighted by Crippen LogP contribution is 2.30. The molecular weight excluding hydrogens is 501 g/mol. The van der Waals surface area contributed by atoms with Gasteiger partial charge >= 0.3 is 0 Å².